The molecule has 0 amide bonds. The molecule has 0 N–H and O–H groups in total. The first-order chi connectivity index (χ1) is 12.2. The molecular weight excluding hydrogens is 306 g/mol. The minimum absolute atomic E-state index is 0.339. The second kappa shape index (κ2) is 9.17. The summed E-state index contributed by atoms with van der Waals surface area (Å²) < 4.78 is 6.04. The van der Waals surface area contributed by atoms with Crippen LogP contribution in [0.2, 0.25) is 0 Å². The molecule has 0 radical (unpaired) electrons. The van der Waals surface area contributed by atoms with Crippen molar-refractivity contribution >= 4 is 0 Å². The van der Waals surface area contributed by atoms with Crippen molar-refractivity contribution < 1.29 is 4.74 Å². The summed E-state index contributed by atoms with van der Waals surface area (Å²) in [4.78, 5) is 2.66. The topological polar surface area (TPSA) is 12.5 Å². The highest BCUT2D eigenvalue weighted by Crippen LogP contribution is 2.28. The summed E-state index contributed by atoms with van der Waals surface area (Å²) >= 11 is 0. The van der Waals surface area contributed by atoms with E-state index in [1.165, 1.54) is 36.8 Å². The summed E-state index contributed by atoms with van der Waals surface area (Å²) in [6.45, 7) is 6.33. The van der Waals surface area contributed by atoms with Crippen LogP contribution in [0.5, 0.6) is 0 Å². The molecule has 0 atom stereocenters. The van der Waals surface area contributed by atoms with E-state index in [9.17, 15) is 0 Å². The van der Waals surface area contributed by atoms with Crippen LogP contribution in [-0.2, 0) is 17.8 Å². The fraction of sp³-hybridized carbons (Fsp3) is 0.478. The second-order valence-electron chi connectivity index (χ2n) is 7.49. The fourth-order valence-electron chi connectivity index (χ4n) is 3.88. The highest BCUT2D eigenvalue weighted by Gasteiger charge is 2.27. The quantitative estimate of drug-likeness (QED) is 0.668. The number of hydrogen-bond donors (Lipinski definition) is 0. The van der Waals surface area contributed by atoms with Gasteiger partial charge in [-0.3, -0.25) is 4.90 Å². The molecule has 3 rings (SSSR count). The molecular formula is C23H31NO. The normalized spacial score (nSPS) is 21.0. The lowest BCUT2D eigenvalue weighted by molar-refractivity contribution is -0.0279. The Balaban J connectivity index is 1.66. The van der Waals surface area contributed by atoms with Crippen LogP contribution in [0.15, 0.2) is 60.7 Å². The third-order valence-corrected chi connectivity index (χ3v) is 5.08. The third-order valence-electron chi connectivity index (χ3n) is 5.08. The van der Waals surface area contributed by atoms with E-state index >= 15 is 0 Å². The zero-order valence-corrected chi connectivity index (χ0v) is 15.6. The Kier molecular flexibility index (Phi) is 6.66. The van der Waals surface area contributed by atoms with E-state index in [1.807, 2.05) is 0 Å². The predicted octanol–water partition coefficient (Wildman–Crippen LogP) is 5.43. The predicted molar refractivity (Wildman–Crippen MR) is 104 cm³/mol. The maximum absolute atomic E-state index is 6.04. The Labute approximate surface area is 152 Å². The van der Waals surface area contributed by atoms with Crippen molar-refractivity contribution in [1.29, 1.82) is 0 Å². The summed E-state index contributed by atoms with van der Waals surface area (Å²) in [6.07, 6.45) is 5.62. The van der Waals surface area contributed by atoms with Gasteiger partial charge in [0.1, 0.15) is 0 Å². The second-order valence-corrected chi connectivity index (χ2v) is 7.49. The van der Waals surface area contributed by atoms with E-state index in [2.05, 4.69) is 79.4 Å². The Morgan fingerprint density at radius 3 is 1.72 bits per heavy atom. The maximum Gasteiger partial charge on any atom is 0.0579 e. The molecule has 0 spiro atoms. The number of nitrogens with zero attached hydrogens (tertiary/aromatic N) is 1. The van der Waals surface area contributed by atoms with Crippen LogP contribution in [-0.4, -0.2) is 23.1 Å². The van der Waals surface area contributed by atoms with Gasteiger partial charge in [0.2, 0.25) is 0 Å². The number of hydrogen-bond acceptors (Lipinski definition) is 2. The van der Waals surface area contributed by atoms with E-state index in [1.54, 1.807) is 0 Å². The summed E-state index contributed by atoms with van der Waals surface area (Å²) in [5.41, 5.74) is 2.80. The van der Waals surface area contributed by atoms with Gasteiger partial charge in [0.25, 0.3) is 0 Å². The van der Waals surface area contributed by atoms with Crippen LogP contribution >= 0.6 is 0 Å². The van der Waals surface area contributed by atoms with Gasteiger partial charge in [-0.1, -0.05) is 60.7 Å². The molecule has 0 unspecified atom stereocenters. The summed E-state index contributed by atoms with van der Waals surface area (Å²) in [7, 11) is 0. The van der Waals surface area contributed by atoms with Gasteiger partial charge in [-0.25, -0.2) is 0 Å². The van der Waals surface area contributed by atoms with Gasteiger partial charge in [0.15, 0.2) is 0 Å². The van der Waals surface area contributed by atoms with Crippen molar-refractivity contribution in [2.45, 2.75) is 70.9 Å². The molecule has 2 nitrogen and oxygen atoms in total. The summed E-state index contributed by atoms with van der Waals surface area (Å²) in [5.74, 6) is 0. The first kappa shape index (κ1) is 18.2. The average molecular weight is 338 g/mol. The standard InChI is InChI=1S/C23H31NO/c1-19(2)25-23-15-13-22(14-16-23)24(17-20-9-5-3-6-10-20)18-21-11-7-4-8-12-21/h3-12,19,22-23H,13-18H2,1-2H3. The monoisotopic (exact) mass is 337 g/mol. The average Bonchev–Trinajstić information content (AvgIpc) is 2.63. The van der Waals surface area contributed by atoms with Crippen LogP contribution < -0.4 is 0 Å². The zero-order chi connectivity index (χ0) is 17.5. The van der Waals surface area contributed by atoms with E-state index in [4.69, 9.17) is 4.74 Å². The minimum atomic E-state index is 0.339. The van der Waals surface area contributed by atoms with E-state index in [0.717, 1.165) is 13.1 Å². The fourth-order valence-corrected chi connectivity index (χ4v) is 3.88. The van der Waals surface area contributed by atoms with Crippen molar-refractivity contribution in [2.75, 3.05) is 0 Å². The van der Waals surface area contributed by atoms with Crippen molar-refractivity contribution in [1.82, 2.24) is 4.90 Å². The van der Waals surface area contributed by atoms with Gasteiger partial charge in [-0.05, 0) is 50.7 Å². The third kappa shape index (κ3) is 5.69. The molecule has 2 aromatic rings. The van der Waals surface area contributed by atoms with Gasteiger partial charge in [-0.2, -0.15) is 0 Å². The Hall–Kier alpha value is -1.64. The molecule has 0 heterocycles. The molecule has 0 saturated heterocycles. The molecule has 1 fully saturated rings. The maximum atomic E-state index is 6.04. The zero-order valence-electron chi connectivity index (χ0n) is 15.6. The van der Waals surface area contributed by atoms with Gasteiger partial charge < -0.3 is 4.74 Å². The van der Waals surface area contributed by atoms with Crippen molar-refractivity contribution in [3.8, 4) is 0 Å². The van der Waals surface area contributed by atoms with Crippen molar-refractivity contribution in [3.63, 3.8) is 0 Å². The Bertz CT molecular complexity index is 561. The largest absolute Gasteiger partial charge is 0.376 e. The minimum Gasteiger partial charge on any atom is -0.376 e. The van der Waals surface area contributed by atoms with Crippen molar-refractivity contribution in [2.24, 2.45) is 0 Å². The van der Waals surface area contributed by atoms with E-state index in [0.29, 0.717) is 18.2 Å². The number of rotatable bonds is 7. The molecule has 0 aliphatic heterocycles. The van der Waals surface area contributed by atoms with E-state index in [-0.39, 0.29) is 0 Å². The molecule has 0 aromatic heterocycles. The highest BCUT2D eigenvalue weighted by molar-refractivity contribution is 5.17. The van der Waals surface area contributed by atoms with Crippen molar-refractivity contribution in [3.05, 3.63) is 71.8 Å². The molecule has 1 aliphatic carbocycles. The smallest absolute Gasteiger partial charge is 0.0579 e. The molecule has 1 saturated carbocycles. The van der Waals surface area contributed by atoms with Crippen LogP contribution in [0.4, 0.5) is 0 Å². The summed E-state index contributed by atoms with van der Waals surface area (Å²) in [6, 6.07) is 22.4. The van der Waals surface area contributed by atoms with Gasteiger partial charge in [0, 0.05) is 19.1 Å². The Morgan fingerprint density at radius 1 is 0.800 bits per heavy atom. The van der Waals surface area contributed by atoms with Gasteiger partial charge in [0.05, 0.1) is 12.2 Å². The SMILES string of the molecule is CC(C)OC1CCC(N(Cc2ccccc2)Cc2ccccc2)CC1. The summed E-state index contributed by atoms with van der Waals surface area (Å²) in [5, 5.41) is 0. The molecule has 2 aromatic carbocycles. The molecule has 0 bridgehead atoms. The Morgan fingerprint density at radius 2 is 1.28 bits per heavy atom. The molecule has 2 heteroatoms. The highest BCUT2D eigenvalue weighted by atomic mass is 16.5. The molecule has 134 valence electrons. The number of benzene rings is 2. The first-order valence-electron chi connectivity index (χ1n) is 9.68. The lowest BCUT2D eigenvalue weighted by atomic mass is 9.91. The lowest BCUT2D eigenvalue weighted by Gasteiger charge is -2.37. The van der Waals surface area contributed by atoms with Crippen LogP contribution in [0, 0.1) is 0 Å². The molecule has 1 aliphatic rings. The van der Waals surface area contributed by atoms with Gasteiger partial charge >= 0.3 is 0 Å². The van der Waals surface area contributed by atoms with Crippen LogP contribution in [0.25, 0.3) is 0 Å². The van der Waals surface area contributed by atoms with Crippen LogP contribution in [0.3, 0.4) is 0 Å². The molecule has 25 heavy (non-hydrogen) atoms. The number of ether oxygens (including phenoxy) is 1. The van der Waals surface area contributed by atoms with Crippen LogP contribution in [0.1, 0.15) is 50.7 Å². The first-order valence-corrected chi connectivity index (χ1v) is 9.68. The van der Waals surface area contributed by atoms with E-state index < -0.39 is 0 Å². The van der Waals surface area contributed by atoms with Gasteiger partial charge in [-0.15, -0.1) is 0 Å². The lowest BCUT2D eigenvalue weighted by Crippen LogP contribution is -2.39.